The third kappa shape index (κ3) is 1.53. The molecule has 0 atom stereocenters. The van der Waals surface area contributed by atoms with Crippen molar-refractivity contribution >= 4 is 27.6 Å². The summed E-state index contributed by atoms with van der Waals surface area (Å²) in [5, 5.41) is 5.38. The molecule has 0 aliphatic rings. The van der Waals surface area contributed by atoms with Gasteiger partial charge in [0.1, 0.15) is 0 Å². The summed E-state index contributed by atoms with van der Waals surface area (Å²) >= 11 is 0. The number of hydrogen-bond acceptors (Lipinski definition) is 0. The molecular weight excluding hydrogens is 216 g/mol. The van der Waals surface area contributed by atoms with Crippen molar-refractivity contribution in [1.29, 1.82) is 0 Å². The molecule has 3 aromatic rings. The fourth-order valence-corrected chi connectivity index (χ4v) is 2.73. The van der Waals surface area contributed by atoms with Crippen molar-refractivity contribution in [3.63, 3.8) is 0 Å². The molecule has 0 unspecified atom stereocenters. The van der Waals surface area contributed by atoms with Crippen LogP contribution in [0, 0.1) is 6.92 Å². The normalized spacial score (nSPS) is 11.7. The molecule has 0 heterocycles. The van der Waals surface area contributed by atoms with Gasteiger partial charge in [-0.1, -0.05) is 60.7 Å². The van der Waals surface area contributed by atoms with Gasteiger partial charge >= 0.3 is 0 Å². The van der Waals surface area contributed by atoms with E-state index in [1.807, 2.05) is 0 Å². The summed E-state index contributed by atoms with van der Waals surface area (Å²) in [4.78, 5) is 0. The Kier molecular flexibility index (Phi) is 2.64. The third-order valence-corrected chi connectivity index (χ3v) is 3.58. The number of hydrogen-bond donors (Lipinski definition) is 0. The molecule has 0 saturated carbocycles. The highest BCUT2D eigenvalue weighted by atomic mass is 14.1. The van der Waals surface area contributed by atoms with Crippen LogP contribution in [0.2, 0.25) is 0 Å². The van der Waals surface area contributed by atoms with E-state index >= 15 is 0 Å². The topological polar surface area (TPSA) is 0 Å². The largest absolute Gasteiger partial charge is 0.0870 e. The van der Waals surface area contributed by atoms with Gasteiger partial charge in [0.05, 0.1) is 0 Å². The molecule has 0 heteroatoms. The van der Waals surface area contributed by atoms with Crippen molar-refractivity contribution in [2.45, 2.75) is 13.8 Å². The van der Waals surface area contributed by atoms with Crippen LogP contribution in [0.15, 0.2) is 54.6 Å². The van der Waals surface area contributed by atoms with Gasteiger partial charge in [0.2, 0.25) is 0 Å². The fraction of sp³-hybridized carbons (Fsp3) is 0.111. The SMILES string of the molecule is C/C=C/c1c2ccccc2c(C)c2ccccc12. The van der Waals surface area contributed by atoms with Crippen LogP contribution in [0.1, 0.15) is 18.1 Å². The van der Waals surface area contributed by atoms with Crippen molar-refractivity contribution < 1.29 is 0 Å². The van der Waals surface area contributed by atoms with E-state index in [9.17, 15) is 0 Å². The van der Waals surface area contributed by atoms with Crippen molar-refractivity contribution in [2.24, 2.45) is 0 Å². The first-order valence-corrected chi connectivity index (χ1v) is 6.35. The molecular formula is C18H16. The maximum Gasteiger partial charge on any atom is -0.0102 e. The minimum Gasteiger partial charge on any atom is -0.0870 e. The van der Waals surface area contributed by atoms with Gasteiger partial charge in [0.25, 0.3) is 0 Å². The Morgan fingerprint density at radius 3 is 1.61 bits per heavy atom. The molecule has 0 N–H and O–H groups in total. The highest BCUT2D eigenvalue weighted by Gasteiger charge is 2.08. The number of allylic oxidation sites excluding steroid dienone is 1. The first kappa shape index (κ1) is 11.0. The van der Waals surface area contributed by atoms with Crippen LogP contribution in [0.3, 0.4) is 0 Å². The summed E-state index contributed by atoms with van der Waals surface area (Å²) < 4.78 is 0. The highest BCUT2D eigenvalue weighted by molar-refractivity contribution is 6.09. The minimum atomic E-state index is 1.33. The van der Waals surface area contributed by atoms with Crippen LogP contribution < -0.4 is 0 Å². The number of benzene rings is 3. The number of aryl methyl sites for hydroxylation is 1. The Hall–Kier alpha value is -2.08. The van der Waals surface area contributed by atoms with Gasteiger partial charge in [0.15, 0.2) is 0 Å². The van der Waals surface area contributed by atoms with Crippen molar-refractivity contribution in [3.05, 3.63) is 65.7 Å². The van der Waals surface area contributed by atoms with Crippen molar-refractivity contribution in [3.8, 4) is 0 Å². The van der Waals surface area contributed by atoms with Crippen LogP contribution in [0.4, 0.5) is 0 Å². The zero-order valence-corrected chi connectivity index (χ0v) is 10.8. The van der Waals surface area contributed by atoms with Crippen LogP contribution in [-0.4, -0.2) is 0 Å². The molecule has 3 rings (SSSR count). The minimum absolute atomic E-state index is 1.33. The summed E-state index contributed by atoms with van der Waals surface area (Å²) in [6.07, 6.45) is 4.33. The second kappa shape index (κ2) is 4.30. The lowest BCUT2D eigenvalue weighted by Gasteiger charge is -2.12. The second-order valence-electron chi connectivity index (χ2n) is 4.63. The Morgan fingerprint density at radius 2 is 1.17 bits per heavy atom. The lowest BCUT2D eigenvalue weighted by Crippen LogP contribution is -1.87. The molecule has 0 saturated heterocycles. The Labute approximate surface area is 108 Å². The van der Waals surface area contributed by atoms with Crippen molar-refractivity contribution in [2.75, 3.05) is 0 Å². The molecule has 18 heavy (non-hydrogen) atoms. The quantitative estimate of drug-likeness (QED) is 0.497. The van der Waals surface area contributed by atoms with E-state index in [2.05, 4.69) is 74.5 Å². The zero-order valence-electron chi connectivity index (χ0n) is 10.8. The molecule has 0 aliphatic carbocycles. The average molecular weight is 232 g/mol. The third-order valence-electron chi connectivity index (χ3n) is 3.58. The summed E-state index contributed by atoms with van der Waals surface area (Å²) in [7, 11) is 0. The summed E-state index contributed by atoms with van der Waals surface area (Å²) in [5.74, 6) is 0. The molecule has 0 bridgehead atoms. The molecule has 88 valence electrons. The second-order valence-corrected chi connectivity index (χ2v) is 4.63. The standard InChI is InChI=1S/C18H16/c1-3-8-16-17-11-6-4-9-14(17)13(2)15-10-5-7-12-18(15)16/h3-12H,1-2H3/b8-3+. The predicted octanol–water partition coefficient (Wildman–Crippen LogP) is 5.33. The Morgan fingerprint density at radius 1 is 0.722 bits per heavy atom. The van der Waals surface area contributed by atoms with E-state index in [0.717, 1.165) is 0 Å². The first-order valence-electron chi connectivity index (χ1n) is 6.35. The van der Waals surface area contributed by atoms with Gasteiger partial charge in [-0.15, -0.1) is 0 Å². The predicted molar refractivity (Wildman–Crippen MR) is 80.9 cm³/mol. The van der Waals surface area contributed by atoms with Gasteiger partial charge < -0.3 is 0 Å². The van der Waals surface area contributed by atoms with Crippen LogP contribution >= 0.6 is 0 Å². The summed E-state index contributed by atoms with van der Waals surface area (Å²) in [5.41, 5.74) is 2.70. The molecule has 0 radical (unpaired) electrons. The van der Waals surface area contributed by atoms with E-state index < -0.39 is 0 Å². The molecule has 3 aromatic carbocycles. The van der Waals surface area contributed by atoms with E-state index in [0.29, 0.717) is 0 Å². The first-order chi connectivity index (χ1) is 8.83. The van der Waals surface area contributed by atoms with Gasteiger partial charge in [-0.3, -0.25) is 0 Å². The fourth-order valence-electron chi connectivity index (χ4n) is 2.73. The van der Waals surface area contributed by atoms with Gasteiger partial charge in [-0.2, -0.15) is 0 Å². The lowest BCUT2D eigenvalue weighted by atomic mass is 9.92. The maximum atomic E-state index is 2.21. The lowest BCUT2D eigenvalue weighted by molar-refractivity contribution is 1.57. The monoisotopic (exact) mass is 232 g/mol. The molecule has 0 amide bonds. The van der Waals surface area contributed by atoms with Crippen LogP contribution in [0.5, 0.6) is 0 Å². The summed E-state index contributed by atoms with van der Waals surface area (Å²) in [6, 6.07) is 17.3. The number of rotatable bonds is 1. The highest BCUT2D eigenvalue weighted by Crippen LogP contribution is 2.32. The van der Waals surface area contributed by atoms with E-state index in [1.54, 1.807) is 0 Å². The smallest absolute Gasteiger partial charge is 0.0102 e. The Balaban J connectivity index is 2.62. The van der Waals surface area contributed by atoms with Gasteiger partial charge in [0, 0.05) is 0 Å². The molecule has 0 aromatic heterocycles. The Bertz CT molecular complexity index is 691. The molecule has 0 spiro atoms. The molecule has 0 nitrogen and oxygen atoms in total. The zero-order chi connectivity index (χ0) is 12.5. The van der Waals surface area contributed by atoms with Gasteiger partial charge in [-0.25, -0.2) is 0 Å². The van der Waals surface area contributed by atoms with Crippen molar-refractivity contribution in [1.82, 2.24) is 0 Å². The van der Waals surface area contributed by atoms with E-state index in [-0.39, 0.29) is 0 Å². The van der Waals surface area contributed by atoms with Gasteiger partial charge in [-0.05, 0) is 46.5 Å². The van der Waals surface area contributed by atoms with Crippen LogP contribution in [-0.2, 0) is 0 Å². The number of fused-ring (bicyclic) bond motifs is 2. The van der Waals surface area contributed by atoms with E-state index in [4.69, 9.17) is 0 Å². The summed E-state index contributed by atoms with van der Waals surface area (Å²) in [6.45, 7) is 4.29. The molecule has 0 fully saturated rings. The maximum absolute atomic E-state index is 2.21. The van der Waals surface area contributed by atoms with Crippen LogP contribution in [0.25, 0.3) is 27.6 Å². The average Bonchev–Trinajstić information content (AvgIpc) is 2.43. The molecule has 0 aliphatic heterocycles. The van der Waals surface area contributed by atoms with E-state index in [1.165, 1.54) is 32.7 Å².